The van der Waals surface area contributed by atoms with E-state index in [0.29, 0.717) is 16.8 Å². The summed E-state index contributed by atoms with van der Waals surface area (Å²) in [4.78, 5) is 27.7. The van der Waals surface area contributed by atoms with Crippen molar-refractivity contribution in [1.82, 2.24) is 4.98 Å². The van der Waals surface area contributed by atoms with Crippen LogP contribution in [0.3, 0.4) is 0 Å². The first-order chi connectivity index (χ1) is 12.4. The highest BCUT2D eigenvalue weighted by atomic mass is 35.5. The Morgan fingerprint density at radius 2 is 1.81 bits per heavy atom. The summed E-state index contributed by atoms with van der Waals surface area (Å²) < 4.78 is 10.6. The summed E-state index contributed by atoms with van der Waals surface area (Å²) in [6, 6.07) is 7.83. The second-order valence-corrected chi connectivity index (χ2v) is 6.12. The predicted octanol–water partition coefficient (Wildman–Crippen LogP) is 4.35. The Balaban J connectivity index is 1.84. The summed E-state index contributed by atoms with van der Waals surface area (Å²) in [5.74, 6) is -0.409. The molecule has 1 aromatic heterocycles. The van der Waals surface area contributed by atoms with Crippen LogP contribution in [0.15, 0.2) is 34.7 Å². The zero-order chi connectivity index (χ0) is 18.8. The SMILES string of the molecule is COc1c(Cl)cc(C(=O)Nc2nc3ccc(NC(C)=O)cc3o2)cc1Cl. The highest BCUT2D eigenvalue weighted by Crippen LogP contribution is 2.34. The number of nitrogens with zero attached hydrogens (tertiary/aromatic N) is 1. The average molecular weight is 394 g/mol. The van der Waals surface area contributed by atoms with Gasteiger partial charge in [0.05, 0.1) is 17.2 Å². The van der Waals surface area contributed by atoms with E-state index in [2.05, 4.69) is 15.6 Å². The summed E-state index contributed by atoms with van der Waals surface area (Å²) in [6.07, 6.45) is 0. The topological polar surface area (TPSA) is 93.5 Å². The fourth-order valence-electron chi connectivity index (χ4n) is 2.31. The van der Waals surface area contributed by atoms with Crippen LogP contribution in [0.25, 0.3) is 11.1 Å². The molecule has 0 fully saturated rings. The number of oxazole rings is 1. The molecule has 0 aliphatic carbocycles. The fourth-order valence-corrected chi connectivity index (χ4v) is 2.96. The van der Waals surface area contributed by atoms with Crippen LogP contribution in [0.1, 0.15) is 17.3 Å². The monoisotopic (exact) mass is 393 g/mol. The van der Waals surface area contributed by atoms with Crippen LogP contribution in [-0.4, -0.2) is 23.9 Å². The number of methoxy groups -OCH3 is 1. The van der Waals surface area contributed by atoms with Gasteiger partial charge in [0.15, 0.2) is 11.3 Å². The van der Waals surface area contributed by atoms with Gasteiger partial charge >= 0.3 is 6.01 Å². The van der Waals surface area contributed by atoms with Crippen molar-refractivity contribution in [3.05, 3.63) is 45.9 Å². The van der Waals surface area contributed by atoms with Crippen molar-refractivity contribution in [1.29, 1.82) is 0 Å². The zero-order valence-electron chi connectivity index (χ0n) is 13.7. The molecule has 2 N–H and O–H groups in total. The Hall–Kier alpha value is -2.77. The number of nitrogens with one attached hydrogen (secondary N) is 2. The van der Waals surface area contributed by atoms with Crippen LogP contribution in [0, 0.1) is 0 Å². The van der Waals surface area contributed by atoms with Gasteiger partial charge in [0.25, 0.3) is 5.91 Å². The Morgan fingerprint density at radius 3 is 2.42 bits per heavy atom. The first-order valence-electron chi connectivity index (χ1n) is 7.40. The van der Waals surface area contributed by atoms with Crippen molar-refractivity contribution in [3.8, 4) is 5.75 Å². The summed E-state index contributed by atoms with van der Waals surface area (Å²) >= 11 is 12.1. The molecule has 9 heteroatoms. The maximum Gasteiger partial charge on any atom is 0.302 e. The zero-order valence-corrected chi connectivity index (χ0v) is 15.2. The Labute approximate surface area is 158 Å². The maximum atomic E-state index is 12.4. The first-order valence-corrected chi connectivity index (χ1v) is 8.15. The van der Waals surface area contributed by atoms with Gasteiger partial charge in [0.2, 0.25) is 5.91 Å². The Bertz CT molecular complexity index is 993. The smallest absolute Gasteiger partial charge is 0.302 e. The van der Waals surface area contributed by atoms with E-state index >= 15 is 0 Å². The number of carbonyl (C=O) groups excluding carboxylic acids is 2. The van der Waals surface area contributed by atoms with Gasteiger partial charge in [-0.15, -0.1) is 0 Å². The molecule has 2 amide bonds. The van der Waals surface area contributed by atoms with Gasteiger partial charge < -0.3 is 14.5 Å². The van der Waals surface area contributed by atoms with Crippen molar-refractivity contribution < 1.29 is 18.7 Å². The van der Waals surface area contributed by atoms with E-state index in [-0.39, 0.29) is 33.3 Å². The van der Waals surface area contributed by atoms with Gasteiger partial charge in [-0.2, -0.15) is 4.98 Å². The molecule has 26 heavy (non-hydrogen) atoms. The normalized spacial score (nSPS) is 10.6. The standard InChI is InChI=1S/C17H13Cl2N3O4/c1-8(23)20-10-3-4-13-14(7-10)26-17(21-13)22-16(24)9-5-11(18)15(25-2)12(19)6-9/h3-7H,1-2H3,(H,20,23)(H,21,22,24). The molecule has 0 spiro atoms. The quantitative estimate of drug-likeness (QED) is 0.686. The molecular weight excluding hydrogens is 381 g/mol. The lowest BCUT2D eigenvalue weighted by Crippen LogP contribution is -2.12. The average Bonchev–Trinajstić information content (AvgIpc) is 2.95. The molecule has 3 rings (SSSR count). The van der Waals surface area contributed by atoms with Crippen molar-refractivity contribution in [2.45, 2.75) is 6.92 Å². The first kappa shape index (κ1) is 18.0. The lowest BCUT2D eigenvalue weighted by Gasteiger charge is -2.08. The highest BCUT2D eigenvalue weighted by molar-refractivity contribution is 6.37. The van der Waals surface area contributed by atoms with Gasteiger partial charge in [-0.1, -0.05) is 23.2 Å². The van der Waals surface area contributed by atoms with E-state index in [4.69, 9.17) is 32.4 Å². The molecule has 0 unspecified atom stereocenters. The lowest BCUT2D eigenvalue weighted by molar-refractivity contribution is -0.114. The van der Waals surface area contributed by atoms with Gasteiger partial charge in [-0.25, -0.2) is 0 Å². The van der Waals surface area contributed by atoms with Crippen LogP contribution < -0.4 is 15.4 Å². The minimum absolute atomic E-state index is 0.00744. The largest absolute Gasteiger partial charge is 0.494 e. The van der Waals surface area contributed by atoms with E-state index in [1.807, 2.05) is 0 Å². The second kappa shape index (κ2) is 7.23. The van der Waals surface area contributed by atoms with E-state index in [0.717, 1.165) is 0 Å². The molecule has 0 aliphatic rings. The second-order valence-electron chi connectivity index (χ2n) is 5.31. The summed E-state index contributed by atoms with van der Waals surface area (Å²) in [7, 11) is 1.43. The van der Waals surface area contributed by atoms with E-state index in [1.165, 1.54) is 26.2 Å². The summed E-state index contributed by atoms with van der Waals surface area (Å²) in [6.45, 7) is 1.40. The van der Waals surface area contributed by atoms with Crippen LogP contribution in [0.2, 0.25) is 10.0 Å². The molecule has 3 aromatic rings. The molecular formula is C17H13Cl2N3O4. The number of hydrogen-bond acceptors (Lipinski definition) is 5. The lowest BCUT2D eigenvalue weighted by atomic mass is 10.2. The highest BCUT2D eigenvalue weighted by Gasteiger charge is 2.16. The summed E-state index contributed by atoms with van der Waals surface area (Å²) in [5, 5.41) is 5.60. The summed E-state index contributed by atoms with van der Waals surface area (Å²) in [5.41, 5.74) is 1.73. The molecule has 0 saturated carbocycles. The Kier molecular flexibility index (Phi) is 5.01. The Morgan fingerprint density at radius 1 is 1.12 bits per heavy atom. The third-order valence-electron chi connectivity index (χ3n) is 3.39. The number of fused-ring (bicyclic) bond motifs is 1. The number of aromatic nitrogens is 1. The molecule has 0 atom stereocenters. The third kappa shape index (κ3) is 3.74. The molecule has 0 radical (unpaired) electrons. The van der Waals surface area contributed by atoms with E-state index in [9.17, 15) is 9.59 Å². The minimum atomic E-state index is -0.495. The number of benzene rings is 2. The fraction of sp³-hybridized carbons (Fsp3) is 0.118. The van der Waals surface area contributed by atoms with Crippen LogP contribution in [0.4, 0.5) is 11.7 Å². The van der Waals surface area contributed by atoms with Gasteiger partial charge in [-0.05, 0) is 24.3 Å². The van der Waals surface area contributed by atoms with Crippen LogP contribution >= 0.6 is 23.2 Å². The van der Waals surface area contributed by atoms with Crippen LogP contribution in [0.5, 0.6) is 5.75 Å². The third-order valence-corrected chi connectivity index (χ3v) is 3.96. The molecule has 1 heterocycles. The number of hydrogen-bond donors (Lipinski definition) is 2. The van der Waals surface area contributed by atoms with Crippen molar-refractivity contribution in [2.24, 2.45) is 0 Å². The van der Waals surface area contributed by atoms with E-state index < -0.39 is 5.91 Å². The minimum Gasteiger partial charge on any atom is -0.494 e. The number of ether oxygens (including phenoxy) is 1. The molecule has 0 aliphatic heterocycles. The van der Waals surface area contributed by atoms with Gasteiger partial charge in [0.1, 0.15) is 5.52 Å². The number of halogens is 2. The molecule has 7 nitrogen and oxygen atoms in total. The number of anilines is 2. The number of rotatable bonds is 4. The van der Waals surface area contributed by atoms with Crippen molar-refractivity contribution in [2.75, 3.05) is 17.7 Å². The molecule has 134 valence electrons. The predicted molar refractivity (Wildman–Crippen MR) is 99.3 cm³/mol. The van der Waals surface area contributed by atoms with Crippen LogP contribution in [-0.2, 0) is 4.79 Å². The maximum absolute atomic E-state index is 12.4. The van der Waals surface area contributed by atoms with Gasteiger partial charge in [-0.3, -0.25) is 14.9 Å². The molecule has 0 bridgehead atoms. The molecule has 0 saturated heterocycles. The molecule has 2 aromatic carbocycles. The van der Waals surface area contributed by atoms with E-state index in [1.54, 1.807) is 18.2 Å². The number of amides is 2. The van der Waals surface area contributed by atoms with Gasteiger partial charge in [0, 0.05) is 24.2 Å². The van der Waals surface area contributed by atoms with Crippen molar-refractivity contribution >= 4 is 57.8 Å². The van der Waals surface area contributed by atoms with Crippen molar-refractivity contribution in [3.63, 3.8) is 0 Å². The number of carbonyl (C=O) groups is 2.